The Labute approximate surface area is 112 Å². The van der Waals surface area contributed by atoms with E-state index in [0.717, 1.165) is 0 Å². The maximum Gasteiger partial charge on any atom is 0.309 e. The number of hydrogen-bond acceptors (Lipinski definition) is 5. The van der Waals surface area contributed by atoms with Crippen LogP contribution >= 0.6 is 0 Å². The van der Waals surface area contributed by atoms with E-state index in [1.807, 2.05) is 0 Å². The Morgan fingerprint density at radius 1 is 1.21 bits per heavy atom. The molecule has 19 heavy (non-hydrogen) atoms. The van der Waals surface area contributed by atoms with Crippen LogP contribution in [-0.2, 0) is 16.1 Å². The highest BCUT2D eigenvalue weighted by Gasteiger charge is 2.10. The molecule has 0 bridgehead atoms. The van der Waals surface area contributed by atoms with Crippen LogP contribution in [0.15, 0.2) is 18.2 Å². The first-order valence-electron chi connectivity index (χ1n) is 5.75. The Hall–Kier alpha value is -2.01. The Balaban J connectivity index is 3.06. The standard InChI is InChI=1S/C14H18O5/c1-17-12-7-10(9-15)8-13(18-2)11(12)5-4-6-14(16)19-3/h4-5,7-8,15H,6,9H2,1-3H3. The van der Waals surface area contributed by atoms with Gasteiger partial charge in [0.15, 0.2) is 0 Å². The number of aliphatic hydroxyl groups is 1. The molecule has 0 amide bonds. The van der Waals surface area contributed by atoms with Gasteiger partial charge >= 0.3 is 5.97 Å². The van der Waals surface area contributed by atoms with Crippen molar-refractivity contribution in [2.45, 2.75) is 13.0 Å². The summed E-state index contributed by atoms with van der Waals surface area (Å²) >= 11 is 0. The van der Waals surface area contributed by atoms with Crippen molar-refractivity contribution in [3.05, 3.63) is 29.3 Å². The molecule has 0 atom stereocenters. The van der Waals surface area contributed by atoms with Gasteiger partial charge in [-0.2, -0.15) is 0 Å². The lowest BCUT2D eigenvalue weighted by molar-refractivity contribution is -0.139. The molecular formula is C14H18O5. The van der Waals surface area contributed by atoms with Gasteiger partial charge in [-0.1, -0.05) is 12.2 Å². The summed E-state index contributed by atoms with van der Waals surface area (Å²) < 4.78 is 15.1. The SMILES string of the molecule is COC(=O)CC=Cc1c(OC)cc(CO)cc1OC. The number of hydrogen-bond donors (Lipinski definition) is 1. The third-order valence-corrected chi connectivity index (χ3v) is 2.58. The number of ether oxygens (including phenoxy) is 3. The summed E-state index contributed by atoms with van der Waals surface area (Å²) in [5, 5.41) is 9.16. The molecule has 5 nitrogen and oxygen atoms in total. The Kier molecular flexibility index (Phi) is 5.89. The van der Waals surface area contributed by atoms with Gasteiger partial charge in [-0.05, 0) is 17.7 Å². The van der Waals surface area contributed by atoms with Gasteiger partial charge in [-0.3, -0.25) is 4.79 Å². The van der Waals surface area contributed by atoms with Crippen molar-refractivity contribution in [3.63, 3.8) is 0 Å². The van der Waals surface area contributed by atoms with Crippen LogP contribution in [0, 0.1) is 0 Å². The van der Waals surface area contributed by atoms with Gasteiger partial charge in [0.05, 0.1) is 39.9 Å². The summed E-state index contributed by atoms with van der Waals surface area (Å²) in [6, 6.07) is 3.45. The maximum absolute atomic E-state index is 11.0. The number of benzene rings is 1. The van der Waals surface area contributed by atoms with Crippen LogP contribution in [0.1, 0.15) is 17.5 Å². The highest BCUT2D eigenvalue weighted by molar-refractivity contribution is 5.74. The summed E-state index contributed by atoms with van der Waals surface area (Å²) in [6.45, 7) is -0.0983. The fourth-order valence-corrected chi connectivity index (χ4v) is 1.61. The van der Waals surface area contributed by atoms with E-state index >= 15 is 0 Å². The lowest BCUT2D eigenvalue weighted by Crippen LogP contribution is -1.98. The van der Waals surface area contributed by atoms with E-state index in [1.165, 1.54) is 21.3 Å². The lowest BCUT2D eigenvalue weighted by atomic mass is 10.1. The van der Waals surface area contributed by atoms with E-state index in [0.29, 0.717) is 22.6 Å². The van der Waals surface area contributed by atoms with Crippen LogP contribution in [-0.4, -0.2) is 32.4 Å². The van der Waals surface area contributed by atoms with E-state index in [4.69, 9.17) is 14.6 Å². The zero-order valence-electron chi connectivity index (χ0n) is 11.3. The van der Waals surface area contributed by atoms with Gasteiger partial charge in [0.25, 0.3) is 0 Å². The van der Waals surface area contributed by atoms with E-state index in [2.05, 4.69) is 4.74 Å². The van der Waals surface area contributed by atoms with Gasteiger partial charge in [0.1, 0.15) is 11.5 Å². The Morgan fingerprint density at radius 2 is 1.79 bits per heavy atom. The van der Waals surface area contributed by atoms with E-state index in [9.17, 15) is 4.79 Å². The quantitative estimate of drug-likeness (QED) is 0.795. The molecule has 0 saturated heterocycles. The highest BCUT2D eigenvalue weighted by atomic mass is 16.5. The van der Waals surface area contributed by atoms with Crippen molar-refractivity contribution in [2.75, 3.05) is 21.3 Å². The largest absolute Gasteiger partial charge is 0.496 e. The monoisotopic (exact) mass is 266 g/mol. The molecule has 0 aliphatic heterocycles. The van der Waals surface area contributed by atoms with Crippen LogP contribution in [0.4, 0.5) is 0 Å². The highest BCUT2D eigenvalue weighted by Crippen LogP contribution is 2.32. The van der Waals surface area contributed by atoms with Crippen molar-refractivity contribution in [3.8, 4) is 11.5 Å². The molecule has 0 aromatic heterocycles. The molecule has 5 heteroatoms. The van der Waals surface area contributed by atoms with Gasteiger partial charge in [0, 0.05) is 0 Å². The first kappa shape index (κ1) is 15.0. The van der Waals surface area contributed by atoms with Crippen molar-refractivity contribution in [1.82, 2.24) is 0 Å². The number of rotatable bonds is 6. The van der Waals surface area contributed by atoms with Gasteiger partial charge < -0.3 is 19.3 Å². The Bertz CT molecular complexity index is 440. The zero-order valence-corrected chi connectivity index (χ0v) is 11.3. The number of esters is 1. The first-order valence-corrected chi connectivity index (χ1v) is 5.75. The smallest absolute Gasteiger partial charge is 0.309 e. The molecule has 0 fully saturated rings. The van der Waals surface area contributed by atoms with Crippen molar-refractivity contribution < 1.29 is 24.1 Å². The number of methoxy groups -OCH3 is 3. The molecule has 0 aliphatic carbocycles. The summed E-state index contributed by atoms with van der Waals surface area (Å²) in [7, 11) is 4.41. The molecule has 0 heterocycles. The van der Waals surface area contributed by atoms with Crippen LogP contribution in [0.5, 0.6) is 11.5 Å². The lowest BCUT2D eigenvalue weighted by Gasteiger charge is -2.12. The van der Waals surface area contributed by atoms with Gasteiger partial charge in [-0.15, -0.1) is 0 Å². The minimum Gasteiger partial charge on any atom is -0.496 e. The van der Waals surface area contributed by atoms with Crippen molar-refractivity contribution in [1.29, 1.82) is 0 Å². The predicted octanol–water partition coefficient (Wildman–Crippen LogP) is 1.77. The average molecular weight is 266 g/mol. The summed E-state index contributed by atoms with van der Waals surface area (Å²) in [4.78, 5) is 11.0. The summed E-state index contributed by atoms with van der Waals surface area (Å²) in [6.07, 6.45) is 3.57. The minimum atomic E-state index is -0.318. The predicted molar refractivity (Wildman–Crippen MR) is 71.1 cm³/mol. The summed E-state index contributed by atoms with van der Waals surface area (Å²) in [5.41, 5.74) is 1.41. The molecule has 1 N–H and O–H groups in total. The van der Waals surface area contributed by atoms with Crippen molar-refractivity contribution >= 4 is 12.0 Å². The van der Waals surface area contributed by atoms with Crippen LogP contribution in [0.2, 0.25) is 0 Å². The van der Waals surface area contributed by atoms with Crippen LogP contribution < -0.4 is 9.47 Å². The fourth-order valence-electron chi connectivity index (χ4n) is 1.61. The second kappa shape index (κ2) is 7.43. The average Bonchev–Trinajstić information content (AvgIpc) is 2.46. The molecule has 0 radical (unpaired) electrons. The molecule has 0 unspecified atom stereocenters. The van der Waals surface area contributed by atoms with E-state index in [-0.39, 0.29) is 19.0 Å². The van der Waals surface area contributed by atoms with E-state index in [1.54, 1.807) is 24.3 Å². The van der Waals surface area contributed by atoms with Gasteiger partial charge in [-0.25, -0.2) is 0 Å². The topological polar surface area (TPSA) is 65.0 Å². The molecular weight excluding hydrogens is 248 g/mol. The van der Waals surface area contributed by atoms with Crippen molar-refractivity contribution in [2.24, 2.45) is 0 Å². The normalized spacial score (nSPS) is 10.5. The molecule has 1 aromatic rings. The maximum atomic E-state index is 11.0. The molecule has 1 aromatic carbocycles. The number of carbonyl (C=O) groups excluding carboxylic acids is 1. The molecule has 104 valence electrons. The van der Waals surface area contributed by atoms with E-state index < -0.39 is 0 Å². The Morgan fingerprint density at radius 3 is 2.21 bits per heavy atom. The second-order valence-corrected chi connectivity index (χ2v) is 3.75. The third-order valence-electron chi connectivity index (χ3n) is 2.58. The fraction of sp³-hybridized carbons (Fsp3) is 0.357. The number of carbonyl (C=O) groups is 1. The second-order valence-electron chi connectivity index (χ2n) is 3.75. The first-order chi connectivity index (χ1) is 9.15. The van der Waals surface area contributed by atoms with Crippen LogP contribution in [0.25, 0.3) is 6.08 Å². The molecule has 1 rings (SSSR count). The molecule has 0 aliphatic rings. The summed E-state index contributed by atoms with van der Waals surface area (Å²) in [5.74, 6) is 0.829. The zero-order chi connectivity index (χ0) is 14.3. The molecule has 0 saturated carbocycles. The molecule has 0 spiro atoms. The third kappa shape index (κ3) is 3.99. The minimum absolute atomic E-state index is 0.0983. The van der Waals surface area contributed by atoms with Crippen LogP contribution in [0.3, 0.4) is 0 Å². The number of aliphatic hydroxyl groups excluding tert-OH is 1. The van der Waals surface area contributed by atoms with Gasteiger partial charge in [0.2, 0.25) is 0 Å².